The number of nitro benzene ring substituents is 2. The lowest BCUT2D eigenvalue weighted by molar-refractivity contribution is -0.392. The maximum absolute atomic E-state index is 15.2. The number of fused-ring (bicyclic) bond motifs is 4. The molecule has 4 aromatic carbocycles. The molecule has 4 aliphatic rings. The molecule has 0 aromatic heterocycles. The van der Waals surface area contributed by atoms with Crippen LogP contribution in [0, 0.1) is 43.9 Å². The van der Waals surface area contributed by atoms with Gasteiger partial charge in [0.15, 0.2) is 17.3 Å². The summed E-state index contributed by atoms with van der Waals surface area (Å²) in [5, 5.41) is 36.1. The fourth-order valence-electron chi connectivity index (χ4n) is 9.82. The highest BCUT2D eigenvalue weighted by atomic mass is 16.6. The number of ether oxygens (including phenoxy) is 1. The molecule has 57 heavy (non-hydrogen) atoms. The Hall–Kier alpha value is -6.96. The van der Waals surface area contributed by atoms with Crippen molar-refractivity contribution in [2.24, 2.45) is 23.7 Å². The van der Waals surface area contributed by atoms with Gasteiger partial charge in [0.1, 0.15) is 11.5 Å². The number of phenolic OH excluding ortho intramolecular Hbond substituents is 1. The fraction of sp³-hybridized carbons (Fsp3) is 0.256. The lowest BCUT2D eigenvalue weighted by Crippen LogP contribution is -2.58. The Kier molecular flexibility index (Phi) is 8.86. The van der Waals surface area contributed by atoms with Crippen molar-refractivity contribution in [3.63, 3.8) is 0 Å². The second-order valence-corrected chi connectivity index (χ2v) is 15.0. The summed E-state index contributed by atoms with van der Waals surface area (Å²) < 4.78 is 5.58. The van der Waals surface area contributed by atoms with Crippen molar-refractivity contribution in [2.75, 3.05) is 31.0 Å². The number of rotatable bonds is 8. The summed E-state index contributed by atoms with van der Waals surface area (Å²) in [4.78, 5) is 84.4. The number of carbonyl (C=O) groups is 4. The summed E-state index contributed by atoms with van der Waals surface area (Å²) >= 11 is 0. The molecule has 1 aliphatic heterocycles. The normalized spacial score (nSPS) is 25.2. The molecule has 1 N–H and O–H groups in total. The van der Waals surface area contributed by atoms with Crippen molar-refractivity contribution in [3.8, 4) is 11.5 Å². The zero-order valence-electron chi connectivity index (χ0n) is 31.0. The number of anilines is 2. The summed E-state index contributed by atoms with van der Waals surface area (Å²) in [6.45, 7) is 0. The molecule has 3 aliphatic carbocycles. The van der Waals surface area contributed by atoms with E-state index in [-0.39, 0.29) is 52.7 Å². The summed E-state index contributed by atoms with van der Waals surface area (Å²) in [5.74, 6) is -7.01. The van der Waals surface area contributed by atoms with E-state index in [1.54, 1.807) is 78.9 Å². The number of nitro groups is 2. The van der Waals surface area contributed by atoms with Crippen molar-refractivity contribution in [1.29, 1.82) is 0 Å². The summed E-state index contributed by atoms with van der Waals surface area (Å²) in [6.07, 6.45) is 3.16. The Balaban J connectivity index is 1.35. The number of carbonyl (C=O) groups excluding carboxylic acids is 4. The first kappa shape index (κ1) is 37.0. The minimum atomic E-state index is -1.61. The summed E-state index contributed by atoms with van der Waals surface area (Å²) in [5.41, 5.74) is -1.44. The molecule has 1 heterocycles. The van der Waals surface area contributed by atoms with Crippen molar-refractivity contribution >= 4 is 51.7 Å². The topological polar surface area (TPSA) is 190 Å². The predicted octanol–water partition coefficient (Wildman–Crippen LogP) is 6.31. The lowest BCUT2D eigenvalue weighted by Gasteiger charge is -2.55. The van der Waals surface area contributed by atoms with E-state index in [1.165, 1.54) is 38.2 Å². The molecular weight excluding hydrogens is 732 g/mol. The van der Waals surface area contributed by atoms with Gasteiger partial charge in [-0.05, 0) is 54.2 Å². The maximum atomic E-state index is 15.2. The average Bonchev–Trinajstić information content (AvgIpc) is 3.47. The molecule has 14 nitrogen and oxygen atoms in total. The minimum absolute atomic E-state index is 0.0154. The Bertz CT molecular complexity index is 2440. The highest BCUT2D eigenvalue weighted by molar-refractivity contribution is 6.32. The third kappa shape index (κ3) is 5.46. The number of hydrogen-bond donors (Lipinski definition) is 1. The number of methoxy groups -OCH3 is 1. The van der Waals surface area contributed by atoms with Crippen LogP contribution >= 0.6 is 0 Å². The Labute approximate surface area is 326 Å². The molecular formula is C43H36N4O10. The van der Waals surface area contributed by atoms with Crippen LogP contribution < -0.4 is 14.5 Å². The van der Waals surface area contributed by atoms with Gasteiger partial charge in [-0.1, -0.05) is 72.3 Å². The number of imide groups is 1. The van der Waals surface area contributed by atoms with Crippen molar-refractivity contribution in [2.45, 2.75) is 24.2 Å². The molecule has 6 atom stereocenters. The number of ketones is 2. The lowest BCUT2D eigenvalue weighted by atomic mass is 9.44. The van der Waals surface area contributed by atoms with E-state index in [1.807, 2.05) is 0 Å². The molecule has 0 unspecified atom stereocenters. The summed E-state index contributed by atoms with van der Waals surface area (Å²) in [6, 6.07) is 24.3. The molecule has 1 saturated heterocycles. The van der Waals surface area contributed by atoms with Crippen molar-refractivity contribution < 1.29 is 38.9 Å². The second kappa shape index (κ2) is 13.7. The van der Waals surface area contributed by atoms with Gasteiger partial charge in [0, 0.05) is 49.2 Å². The van der Waals surface area contributed by atoms with Gasteiger partial charge >= 0.3 is 11.4 Å². The molecule has 2 fully saturated rings. The zero-order chi connectivity index (χ0) is 40.5. The number of phenols is 1. The van der Waals surface area contributed by atoms with E-state index in [2.05, 4.69) is 0 Å². The molecule has 0 radical (unpaired) electrons. The van der Waals surface area contributed by atoms with E-state index < -0.39 is 68.0 Å². The van der Waals surface area contributed by atoms with Gasteiger partial charge < -0.3 is 14.7 Å². The summed E-state index contributed by atoms with van der Waals surface area (Å²) in [7, 11) is 4.28. The third-order valence-electron chi connectivity index (χ3n) is 12.1. The Morgan fingerprint density at radius 1 is 0.842 bits per heavy atom. The molecule has 14 heteroatoms. The average molecular weight is 769 g/mol. The van der Waals surface area contributed by atoms with E-state index in [0.717, 1.165) is 17.0 Å². The van der Waals surface area contributed by atoms with Crippen LogP contribution in [0.25, 0.3) is 5.57 Å². The van der Waals surface area contributed by atoms with Gasteiger partial charge in [-0.25, -0.2) is 4.90 Å². The number of nitrogens with zero attached hydrogens (tertiary/aromatic N) is 4. The standard InChI is InChI=1S/C43H36N4O10/c1-44(2)39-33(46(53)54)18-25(19-34(39)47(55)56)45-41(51)28-16-15-27-30(37(28)42(45)52)21-32-40(50)29(23-10-6-4-7-11-23)22-36(49)43(32,24-12-8-5-9-13-24)38(27)31-20-26(57-3)14-17-35(31)48/h4-15,17-20,22,28,30,32,37-38,48H,16,21H2,1-3H3/t28-,30+,32-,37-,38+,43-/m0/s1. The first-order valence-corrected chi connectivity index (χ1v) is 18.3. The van der Waals surface area contributed by atoms with E-state index in [4.69, 9.17) is 4.74 Å². The first-order chi connectivity index (χ1) is 27.3. The van der Waals surface area contributed by atoms with E-state index in [0.29, 0.717) is 22.4 Å². The van der Waals surface area contributed by atoms with Crippen molar-refractivity contribution in [1.82, 2.24) is 0 Å². The number of benzene rings is 4. The maximum Gasteiger partial charge on any atom is 0.301 e. The molecule has 8 rings (SSSR count). The van der Waals surface area contributed by atoms with E-state index in [9.17, 15) is 34.9 Å². The Morgan fingerprint density at radius 2 is 1.47 bits per heavy atom. The predicted molar refractivity (Wildman–Crippen MR) is 208 cm³/mol. The van der Waals surface area contributed by atoms with Gasteiger partial charge in [-0.15, -0.1) is 0 Å². The monoisotopic (exact) mass is 768 g/mol. The number of hydrogen-bond acceptors (Lipinski definition) is 11. The van der Waals surface area contributed by atoms with Crippen LogP contribution in [0.4, 0.5) is 22.7 Å². The van der Waals surface area contributed by atoms with Gasteiger partial charge in [-0.2, -0.15) is 0 Å². The van der Waals surface area contributed by atoms with Crippen LogP contribution in [-0.2, 0) is 24.6 Å². The van der Waals surface area contributed by atoms with Gasteiger partial charge in [-0.3, -0.25) is 39.4 Å². The fourth-order valence-corrected chi connectivity index (χ4v) is 9.82. The number of amides is 2. The number of aromatic hydroxyl groups is 1. The first-order valence-electron chi connectivity index (χ1n) is 18.3. The molecule has 2 amide bonds. The highest BCUT2D eigenvalue weighted by Gasteiger charge is 2.66. The van der Waals surface area contributed by atoms with Gasteiger partial charge in [0.2, 0.25) is 11.8 Å². The third-order valence-corrected chi connectivity index (χ3v) is 12.1. The zero-order valence-corrected chi connectivity index (χ0v) is 31.0. The van der Waals surface area contributed by atoms with Crippen LogP contribution in [0.5, 0.6) is 11.5 Å². The second-order valence-electron chi connectivity index (χ2n) is 15.0. The van der Waals surface area contributed by atoms with Gasteiger partial charge in [0.25, 0.3) is 0 Å². The van der Waals surface area contributed by atoms with Crippen LogP contribution in [0.3, 0.4) is 0 Å². The molecule has 4 aromatic rings. The van der Waals surface area contributed by atoms with E-state index >= 15 is 9.59 Å². The number of allylic oxidation sites excluding steroid dienone is 4. The molecule has 1 saturated carbocycles. The smallest absolute Gasteiger partial charge is 0.301 e. The van der Waals surface area contributed by atoms with Gasteiger partial charge in [0.05, 0.1) is 39.9 Å². The van der Waals surface area contributed by atoms with Crippen LogP contribution in [0.1, 0.15) is 35.4 Å². The van der Waals surface area contributed by atoms with Crippen LogP contribution in [0.15, 0.2) is 109 Å². The van der Waals surface area contributed by atoms with Crippen molar-refractivity contribution in [3.05, 3.63) is 146 Å². The quantitative estimate of drug-likeness (QED) is 0.0915. The minimum Gasteiger partial charge on any atom is -0.508 e. The SMILES string of the molecule is COc1ccc(O)c([C@H]2C3=CC[C@@H]4C(=O)N(c5cc([N+](=O)[O-])c(N(C)C)c([N+](=O)[O-])c5)C(=O)[C@@H]4[C@@H]3C[C@H]3C(=O)C(c4ccccc4)=CC(=O)[C@@]23c2ccccc2)c1. The molecule has 288 valence electrons. The Morgan fingerprint density at radius 3 is 2.07 bits per heavy atom. The number of Topliss-reactive ketones (excluding diaryl/α,β-unsaturated/α-hetero) is 1. The molecule has 0 bridgehead atoms. The molecule has 0 spiro atoms. The largest absolute Gasteiger partial charge is 0.508 e. The van der Waals surface area contributed by atoms with Crippen LogP contribution in [-0.4, -0.2) is 59.5 Å². The van der Waals surface area contributed by atoms with Crippen LogP contribution in [0.2, 0.25) is 0 Å². The highest BCUT2D eigenvalue weighted by Crippen LogP contribution is 2.65.